The van der Waals surface area contributed by atoms with Gasteiger partial charge in [-0.05, 0) is 107 Å². The number of ether oxygens (including phenoxy) is 5. The van der Waals surface area contributed by atoms with Gasteiger partial charge in [0.2, 0.25) is 0 Å². The van der Waals surface area contributed by atoms with Gasteiger partial charge in [0.25, 0.3) is 0 Å². The number of carbonyl (C=O) groups excluding carboxylic acids is 3. The van der Waals surface area contributed by atoms with Crippen molar-refractivity contribution in [2.75, 3.05) is 26.9 Å². The predicted octanol–water partition coefficient (Wildman–Crippen LogP) is 8.28. The van der Waals surface area contributed by atoms with Crippen LogP contribution in [0.4, 0.5) is 0 Å². The fraction of sp³-hybridized carbons (Fsp3) is 0.649. The molecule has 0 amide bonds. The molecule has 3 rings (SSSR count). The van der Waals surface area contributed by atoms with Gasteiger partial charge in [-0.15, -0.1) is 0 Å². The molecule has 1 fully saturated rings. The predicted molar refractivity (Wildman–Crippen MR) is 174 cm³/mol. The molecule has 2 aliphatic rings. The molecular formula is C37H54O8. The van der Waals surface area contributed by atoms with Crippen LogP contribution in [0.2, 0.25) is 0 Å². The van der Waals surface area contributed by atoms with Crippen molar-refractivity contribution < 1.29 is 38.1 Å². The summed E-state index contributed by atoms with van der Waals surface area (Å²) in [6.45, 7) is 3.80. The van der Waals surface area contributed by atoms with E-state index in [0.717, 1.165) is 76.6 Å². The Morgan fingerprint density at radius 3 is 1.91 bits per heavy atom. The second-order valence-corrected chi connectivity index (χ2v) is 12.2. The van der Waals surface area contributed by atoms with Crippen molar-refractivity contribution in [1.82, 2.24) is 0 Å². The van der Waals surface area contributed by atoms with Gasteiger partial charge in [0.15, 0.2) is 0 Å². The first-order valence-corrected chi connectivity index (χ1v) is 17.2. The highest BCUT2D eigenvalue weighted by molar-refractivity contribution is 5.77. The quantitative estimate of drug-likeness (QED) is 0.0764. The van der Waals surface area contributed by atoms with Crippen molar-refractivity contribution in [3.8, 4) is 11.5 Å². The lowest BCUT2D eigenvalue weighted by Gasteiger charge is -2.26. The Bertz CT molecular complexity index is 1070. The van der Waals surface area contributed by atoms with Crippen LogP contribution in [-0.2, 0) is 28.6 Å². The van der Waals surface area contributed by atoms with Crippen molar-refractivity contribution in [2.45, 2.75) is 110 Å². The Balaban J connectivity index is 1.24. The van der Waals surface area contributed by atoms with Gasteiger partial charge in [0.05, 0.1) is 25.0 Å². The number of carbonyl (C=O) groups is 3. The lowest BCUT2D eigenvalue weighted by molar-refractivity contribution is -0.148. The van der Waals surface area contributed by atoms with Crippen molar-refractivity contribution in [2.24, 2.45) is 17.8 Å². The monoisotopic (exact) mass is 626 g/mol. The summed E-state index contributed by atoms with van der Waals surface area (Å²) in [5.74, 6) is 1.41. The molecule has 1 aromatic rings. The molecular weight excluding hydrogens is 572 g/mol. The molecule has 8 heteroatoms. The second-order valence-electron chi connectivity index (χ2n) is 12.2. The Hall–Kier alpha value is -3.13. The third-order valence-corrected chi connectivity index (χ3v) is 8.59. The zero-order valence-corrected chi connectivity index (χ0v) is 27.5. The van der Waals surface area contributed by atoms with Gasteiger partial charge < -0.3 is 23.7 Å². The summed E-state index contributed by atoms with van der Waals surface area (Å²) in [6, 6.07) is 7.19. The first kappa shape index (κ1) is 36.3. The summed E-state index contributed by atoms with van der Waals surface area (Å²) in [5.41, 5.74) is 0. The minimum atomic E-state index is -0.243. The second kappa shape index (κ2) is 21.6. The smallest absolute Gasteiger partial charge is 0.314 e. The molecule has 1 saturated carbocycles. The maximum Gasteiger partial charge on any atom is 0.314 e. The van der Waals surface area contributed by atoms with Gasteiger partial charge in [-0.1, -0.05) is 45.1 Å². The van der Waals surface area contributed by atoms with Crippen LogP contribution in [0.25, 0.3) is 0 Å². The summed E-state index contributed by atoms with van der Waals surface area (Å²) in [6.07, 6.45) is 20.8. The number of benzene rings is 1. The van der Waals surface area contributed by atoms with Crippen LogP contribution in [0.15, 0.2) is 48.3 Å². The van der Waals surface area contributed by atoms with E-state index in [2.05, 4.69) is 6.08 Å². The van der Waals surface area contributed by atoms with Crippen LogP contribution in [-0.4, -0.2) is 44.8 Å². The average molecular weight is 627 g/mol. The normalized spacial score (nSPS) is 19.4. The minimum Gasteiger partial charge on any atom is -0.494 e. The van der Waals surface area contributed by atoms with Crippen LogP contribution < -0.4 is 9.47 Å². The molecule has 0 radical (unpaired) electrons. The highest BCUT2D eigenvalue weighted by atomic mass is 16.5. The highest BCUT2D eigenvalue weighted by Gasteiger charge is 2.32. The first-order valence-electron chi connectivity index (χ1n) is 17.2. The maximum absolute atomic E-state index is 12.8. The van der Waals surface area contributed by atoms with Crippen LogP contribution in [0, 0.1) is 17.8 Å². The molecule has 0 aliphatic heterocycles. The Kier molecular flexibility index (Phi) is 17.4. The minimum absolute atomic E-state index is 0.123. The summed E-state index contributed by atoms with van der Waals surface area (Å²) in [7, 11) is 1.72. The zero-order valence-electron chi connectivity index (χ0n) is 27.5. The van der Waals surface area contributed by atoms with E-state index in [1.165, 1.54) is 6.42 Å². The highest BCUT2D eigenvalue weighted by Crippen LogP contribution is 2.32. The fourth-order valence-electron chi connectivity index (χ4n) is 5.72. The van der Waals surface area contributed by atoms with E-state index in [9.17, 15) is 14.4 Å². The molecule has 45 heavy (non-hydrogen) atoms. The lowest BCUT2D eigenvalue weighted by atomic mass is 9.82. The van der Waals surface area contributed by atoms with Crippen molar-refractivity contribution in [3.05, 3.63) is 48.3 Å². The maximum atomic E-state index is 12.8. The molecule has 8 nitrogen and oxygen atoms in total. The third-order valence-electron chi connectivity index (χ3n) is 8.59. The van der Waals surface area contributed by atoms with E-state index in [1.54, 1.807) is 19.2 Å². The standard InChI is InChI=1S/C37H54O8/c1-3-35(38)43-28-12-6-4-5-9-13-29-14-20-33(21-15-29)44-36(39)30-16-18-31(19-17-30)37(40)45-34-24-22-32(23-25-34)42-27-11-8-7-10-26-41-2/h14,20-25,29-31H,3-13,15-19,26-28H2,1-2H3. The molecule has 0 aromatic heterocycles. The van der Waals surface area contributed by atoms with Crippen LogP contribution in [0.3, 0.4) is 0 Å². The van der Waals surface area contributed by atoms with E-state index >= 15 is 0 Å². The van der Waals surface area contributed by atoms with E-state index in [1.807, 2.05) is 31.2 Å². The Morgan fingerprint density at radius 2 is 1.29 bits per heavy atom. The Labute approximate surface area is 269 Å². The summed E-state index contributed by atoms with van der Waals surface area (Å²) < 4.78 is 27.3. The van der Waals surface area contributed by atoms with Crippen LogP contribution in [0.5, 0.6) is 11.5 Å². The van der Waals surface area contributed by atoms with Gasteiger partial charge in [-0.25, -0.2) is 0 Å². The van der Waals surface area contributed by atoms with Gasteiger partial charge in [-0.3, -0.25) is 14.4 Å². The number of rotatable bonds is 21. The number of methoxy groups -OCH3 is 1. The molecule has 1 aromatic carbocycles. The van der Waals surface area contributed by atoms with Gasteiger partial charge in [0.1, 0.15) is 17.3 Å². The van der Waals surface area contributed by atoms with Gasteiger partial charge in [-0.2, -0.15) is 0 Å². The third kappa shape index (κ3) is 14.7. The van der Waals surface area contributed by atoms with E-state index in [4.69, 9.17) is 23.7 Å². The number of esters is 3. The molecule has 0 saturated heterocycles. The number of allylic oxidation sites excluding steroid dienone is 3. The summed E-state index contributed by atoms with van der Waals surface area (Å²) in [4.78, 5) is 36.7. The average Bonchev–Trinajstić information content (AvgIpc) is 3.06. The number of unbranched alkanes of at least 4 members (excludes halogenated alkanes) is 7. The summed E-state index contributed by atoms with van der Waals surface area (Å²) in [5, 5.41) is 0. The molecule has 1 unspecified atom stereocenters. The Morgan fingerprint density at radius 1 is 0.711 bits per heavy atom. The van der Waals surface area contributed by atoms with Crippen molar-refractivity contribution in [3.63, 3.8) is 0 Å². The molecule has 0 bridgehead atoms. The van der Waals surface area contributed by atoms with E-state index in [-0.39, 0.29) is 29.7 Å². The zero-order chi connectivity index (χ0) is 32.1. The summed E-state index contributed by atoms with van der Waals surface area (Å²) >= 11 is 0. The topological polar surface area (TPSA) is 97.4 Å². The van der Waals surface area contributed by atoms with Gasteiger partial charge >= 0.3 is 17.9 Å². The molecule has 0 N–H and O–H groups in total. The largest absolute Gasteiger partial charge is 0.494 e. The van der Waals surface area contributed by atoms with E-state index < -0.39 is 0 Å². The van der Waals surface area contributed by atoms with Gasteiger partial charge in [0, 0.05) is 20.1 Å². The molecule has 250 valence electrons. The van der Waals surface area contributed by atoms with Crippen LogP contribution >= 0.6 is 0 Å². The number of hydrogen-bond donors (Lipinski definition) is 0. The lowest BCUT2D eigenvalue weighted by Crippen LogP contribution is -2.29. The van der Waals surface area contributed by atoms with Crippen molar-refractivity contribution >= 4 is 17.9 Å². The molecule has 1 atom stereocenters. The first-order chi connectivity index (χ1) is 22.0. The number of hydrogen-bond acceptors (Lipinski definition) is 8. The van der Waals surface area contributed by atoms with Crippen LogP contribution in [0.1, 0.15) is 110 Å². The molecule has 2 aliphatic carbocycles. The van der Waals surface area contributed by atoms with E-state index in [0.29, 0.717) is 62.7 Å². The van der Waals surface area contributed by atoms with Crippen molar-refractivity contribution in [1.29, 1.82) is 0 Å². The SMILES string of the molecule is CCC(=O)OCCCCCCCC1C=CC(OC(=O)C2CCC(C(=O)Oc3ccc(OCCCCCCOC)cc3)CC2)=CC1. The fourth-order valence-corrected chi connectivity index (χ4v) is 5.72. The molecule has 0 spiro atoms. The molecule has 0 heterocycles.